The Kier molecular flexibility index (Phi) is 3.73. The standard InChI is InChI=1S/C9H13N5O2S2/c1-6-7-8(11-3-2-4-18(10,15)16)12-5-13-9(7)17-14-6/h5H,2-4H2,1H3,(H2,10,15,16)(H,11,12,13). The molecule has 0 saturated carbocycles. The van der Waals surface area contributed by atoms with Gasteiger partial charge in [-0.05, 0) is 24.9 Å². The molecule has 7 nitrogen and oxygen atoms in total. The van der Waals surface area contributed by atoms with E-state index in [0.29, 0.717) is 18.8 Å². The van der Waals surface area contributed by atoms with Gasteiger partial charge in [-0.2, -0.15) is 4.37 Å². The zero-order valence-electron chi connectivity index (χ0n) is 9.75. The Balaban J connectivity index is 2.06. The number of anilines is 1. The summed E-state index contributed by atoms with van der Waals surface area (Å²) < 4.78 is 25.8. The first-order valence-electron chi connectivity index (χ1n) is 5.29. The highest BCUT2D eigenvalue weighted by atomic mass is 32.2. The van der Waals surface area contributed by atoms with Crippen LogP contribution in [0.4, 0.5) is 5.82 Å². The fourth-order valence-corrected chi connectivity index (χ4v) is 2.83. The molecule has 2 heterocycles. The fraction of sp³-hybridized carbons (Fsp3) is 0.444. The van der Waals surface area contributed by atoms with Gasteiger partial charge in [-0.25, -0.2) is 23.5 Å². The summed E-state index contributed by atoms with van der Waals surface area (Å²) in [5.41, 5.74) is 0.865. The quantitative estimate of drug-likeness (QED) is 0.774. The number of hydrogen-bond acceptors (Lipinski definition) is 7. The van der Waals surface area contributed by atoms with Crippen LogP contribution < -0.4 is 10.5 Å². The number of nitrogens with zero attached hydrogens (tertiary/aromatic N) is 3. The third kappa shape index (κ3) is 3.12. The van der Waals surface area contributed by atoms with E-state index in [2.05, 4.69) is 19.7 Å². The van der Waals surface area contributed by atoms with Crippen LogP contribution in [0.2, 0.25) is 0 Å². The maximum Gasteiger partial charge on any atom is 0.209 e. The van der Waals surface area contributed by atoms with Crippen molar-refractivity contribution in [2.75, 3.05) is 17.6 Å². The molecule has 0 aliphatic heterocycles. The first kappa shape index (κ1) is 13.1. The highest BCUT2D eigenvalue weighted by molar-refractivity contribution is 7.89. The summed E-state index contributed by atoms with van der Waals surface area (Å²) in [6.07, 6.45) is 1.89. The van der Waals surface area contributed by atoms with Crippen LogP contribution in [0.1, 0.15) is 12.1 Å². The molecule has 2 aromatic rings. The Morgan fingerprint density at radius 2 is 2.22 bits per heavy atom. The van der Waals surface area contributed by atoms with Crippen molar-refractivity contribution in [1.82, 2.24) is 14.3 Å². The van der Waals surface area contributed by atoms with Crippen LogP contribution in [0, 0.1) is 6.92 Å². The molecule has 0 aromatic carbocycles. The zero-order valence-corrected chi connectivity index (χ0v) is 11.4. The molecule has 0 aliphatic rings. The fourth-order valence-electron chi connectivity index (χ4n) is 1.54. The van der Waals surface area contributed by atoms with Gasteiger partial charge in [-0.3, -0.25) is 0 Å². The molecule has 3 N–H and O–H groups in total. The van der Waals surface area contributed by atoms with Crippen LogP contribution in [-0.2, 0) is 10.0 Å². The van der Waals surface area contributed by atoms with Crippen LogP contribution in [0.15, 0.2) is 6.33 Å². The second kappa shape index (κ2) is 5.12. The lowest BCUT2D eigenvalue weighted by Crippen LogP contribution is -2.18. The molecule has 2 rings (SSSR count). The Hall–Kier alpha value is -1.32. The van der Waals surface area contributed by atoms with E-state index in [1.54, 1.807) is 0 Å². The monoisotopic (exact) mass is 287 g/mol. The van der Waals surface area contributed by atoms with Crippen LogP contribution in [-0.4, -0.2) is 35.1 Å². The zero-order chi connectivity index (χ0) is 13.2. The van der Waals surface area contributed by atoms with Crippen molar-refractivity contribution in [1.29, 1.82) is 0 Å². The summed E-state index contributed by atoms with van der Waals surface area (Å²) in [5, 5.41) is 8.89. The van der Waals surface area contributed by atoms with Gasteiger partial charge in [-0.15, -0.1) is 0 Å². The number of nitrogens with two attached hydrogens (primary N) is 1. The number of aryl methyl sites for hydroxylation is 1. The van der Waals surface area contributed by atoms with Gasteiger partial charge < -0.3 is 5.32 Å². The van der Waals surface area contributed by atoms with Crippen molar-refractivity contribution < 1.29 is 8.42 Å². The summed E-state index contributed by atoms with van der Waals surface area (Å²) in [5.74, 6) is 0.635. The molecule has 0 radical (unpaired) electrons. The molecule has 2 aromatic heterocycles. The SMILES string of the molecule is Cc1nsc2ncnc(NCCCS(N)(=O)=O)c12. The van der Waals surface area contributed by atoms with Gasteiger partial charge >= 0.3 is 0 Å². The van der Waals surface area contributed by atoms with Crippen molar-refractivity contribution in [2.45, 2.75) is 13.3 Å². The van der Waals surface area contributed by atoms with Crippen molar-refractivity contribution in [2.24, 2.45) is 5.14 Å². The van der Waals surface area contributed by atoms with Crippen LogP contribution in [0.3, 0.4) is 0 Å². The van der Waals surface area contributed by atoms with Gasteiger partial charge in [0.1, 0.15) is 17.0 Å². The summed E-state index contributed by atoms with van der Waals surface area (Å²) in [4.78, 5) is 9.07. The van der Waals surface area contributed by atoms with Gasteiger partial charge in [-0.1, -0.05) is 0 Å². The highest BCUT2D eigenvalue weighted by Crippen LogP contribution is 2.25. The van der Waals surface area contributed by atoms with E-state index in [1.807, 2.05) is 6.92 Å². The second-order valence-corrected chi connectivity index (χ2v) is 6.30. The molecule has 0 unspecified atom stereocenters. The van der Waals surface area contributed by atoms with E-state index >= 15 is 0 Å². The van der Waals surface area contributed by atoms with E-state index in [1.165, 1.54) is 17.9 Å². The Morgan fingerprint density at radius 1 is 1.44 bits per heavy atom. The third-order valence-corrected chi connectivity index (χ3v) is 4.05. The minimum atomic E-state index is -3.40. The Morgan fingerprint density at radius 3 is 2.94 bits per heavy atom. The lowest BCUT2D eigenvalue weighted by Gasteiger charge is -2.05. The molecular weight excluding hydrogens is 274 g/mol. The maximum absolute atomic E-state index is 10.8. The van der Waals surface area contributed by atoms with Crippen molar-refractivity contribution in [3.63, 3.8) is 0 Å². The molecule has 0 bridgehead atoms. The lowest BCUT2D eigenvalue weighted by atomic mass is 10.3. The number of sulfonamides is 1. The first-order valence-corrected chi connectivity index (χ1v) is 7.77. The van der Waals surface area contributed by atoms with Gasteiger partial charge in [0.05, 0.1) is 16.8 Å². The maximum atomic E-state index is 10.8. The molecule has 0 fully saturated rings. The van der Waals surface area contributed by atoms with E-state index in [9.17, 15) is 8.42 Å². The number of primary sulfonamides is 1. The van der Waals surface area contributed by atoms with Gasteiger partial charge in [0.2, 0.25) is 10.0 Å². The molecular formula is C9H13N5O2S2. The topological polar surface area (TPSA) is 111 Å². The third-order valence-electron chi connectivity index (χ3n) is 2.34. The molecule has 0 saturated heterocycles. The lowest BCUT2D eigenvalue weighted by molar-refractivity contribution is 0.596. The van der Waals surface area contributed by atoms with E-state index in [0.717, 1.165) is 15.9 Å². The normalized spacial score (nSPS) is 11.9. The van der Waals surface area contributed by atoms with E-state index in [-0.39, 0.29) is 5.75 Å². The number of fused-ring (bicyclic) bond motifs is 1. The predicted octanol–water partition coefficient (Wildman–Crippen LogP) is 0.485. The van der Waals surface area contributed by atoms with Gasteiger partial charge in [0.15, 0.2) is 0 Å². The minimum Gasteiger partial charge on any atom is -0.369 e. The van der Waals surface area contributed by atoms with Crippen molar-refractivity contribution in [3.8, 4) is 0 Å². The van der Waals surface area contributed by atoms with Crippen molar-refractivity contribution >= 4 is 37.6 Å². The predicted molar refractivity (Wildman–Crippen MR) is 71.0 cm³/mol. The van der Waals surface area contributed by atoms with Crippen LogP contribution >= 0.6 is 11.5 Å². The second-order valence-electron chi connectivity index (χ2n) is 3.82. The molecule has 0 aliphatic carbocycles. The molecule has 98 valence electrons. The number of hydrogen-bond donors (Lipinski definition) is 2. The van der Waals surface area contributed by atoms with E-state index in [4.69, 9.17) is 5.14 Å². The average molecular weight is 287 g/mol. The minimum absolute atomic E-state index is 0.0465. The Labute approximate surface area is 109 Å². The number of rotatable bonds is 5. The van der Waals surface area contributed by atoms with Crippen LogP contribution in [0.25, 0.3) is 10.2 Å². The number of aromatic nitrogens is 3. The van der Waals surface area contributed by atoms with Gasteiger partial charge in [0.25, 0.3) is 0 Å². The summed E-state index contributed by atoms with van der Waals surface area (Å²) in [7, 11) is -3.40. The van der Waals surface area contributed by atoms with Gasteiger partial charge in [0, 0.05) is 6.54 Å². The average Bonchev–Trinajstić information content (AvgIpc) is 2.66. The van der Waals surface area contributed by atoms with Crippen LogP contribution in [0.5, 0.6) is 0 Å². The number of nitrogens with one attached hydrogen (secondary N) is 1. The van der Waals surface area contributed by atoms with E-state index < -0.39 is 10.0 Å². The highest BCUT2D eigenvalue weighted by Gasteiger charge is 2.09. The molecule has 9 heteroatoms. The first-order chi connectivity index (χ1) is 8.47. The van der Waals surface area contributed by atoms with Crippen molar-refractivity contribution in [3.05, 3.63) is 12.0 Å². The molecule has 18 heavy (non-hydrogen) atoms. The molecule has 0 spiro atoms. The largest absolute Gasteiger partial charge is 0.369 e. The summed E-state index contributed by atoms with van der Waals surface area (Å²) >= 11 is 1.31. The Bertz CT molecular complexity index is 652. The molecule has 0 atom stereocenters. The molecule has 0 amide bonds. The smallest absolute Gasteiger partial charge is 0.209 e. The summed E-state index contributed by atoms with van der Waals surface area (Å²) in [6, 6.07) is 0. The summed E-state index contributed by atoms with van der Waals surface area (Å²) in [6.45, 7) is 2.37.